The second kappa shape index (κ2) is 9.91. The van der Waals surface area contributed by atoms with Gasteiger partial charge in [-0.2, -0.15) is 0 Å². The van der Waals surface area contributed by atoms with Crippen molar-refractivity contribution in [2.24, 2.45) is 0 Å². The monoisotopic (exact) mass is 571 g/mol. The minimum absolute atomic E-state index is 0.632. The lowest BCUT2D eigenvalue weighted by molar-refractivity contribution is 1.18. The normalized spacial score (nSPS) is 11.5. The van der Waals surface area contributed by atoms with Crippen LogP contribution >= 0.6 is 0 Å². The number of para-hydroxylation sites is 1. The van der Waals surface area contributed by atoms with Crippen molar-refractivity contribution in [2.45, 2.75) is 0 Å². The van der Waals surface area contributed by atoms with Crippen molar-refractivity contribution >= 4 is 59.9 Å². The fourth-order valence-electron chi connectivity index (χ4n) is 7.02. The van der Waals surface area contributed by atoms with E-state index in [9.17, 15) is 0 Å². The van der Waals surface area contributed by atoms with Crippen molar-refractivity contribution in [2.75, 3.05) is 0 Å². The van der Waals surface area contributed by atoms with E-state index < -0.39 is 0 Å². The highest BCUT2D eigenvalue weighted by Gasteiger charge is 2.17. The van der Waals surface area contributed by atoms with Crippen LogP contribution in [-0.2, 0) is 0 Å². The van der Waals surface area contributed by atoms with Crippen LogP contribution < -0.4 is 0 Å². The fourth-order valence-corrected chi connectivity index (χ4v) is 7.02. The highest BCUT2D eigenvalue weighted by atomic mass is 15.0. The zero-order valence-electron chi connectivity index (χ0n) is 24.3. The van der Waals surface area contributed by atoms with Gasteiger partial charge in [-0.25, -0.2) is 4.85 Å². The summed E-state index contributed by atoms with van der Waals surface area (Å²) in [4.78, 5) is 8.54. The summed E-state index contributed by atoms with van der Waals surface area (Å²) in [7, 11) is 0. The molecule has 3 heteroatoms. The molecule has 0 aliphatic rings. The molecule has 0 atom stereocenters. The standard InChI is InChI=1S/C42H25N3/c1-43-30-19-23-40-38(26-30)37-25-29(18-22-39(37)45(40)41-17-7-11-28-12-8-24-44-42(28)41)32-20-21-36(35-15-5-4-14-33(32)35)34-16-6-10-27-9-2-3-13-31(27)34/h2-26H. The third-order valence-corrected chi connectivity index (χ3v) is 9.04. The summed E-state index contributed by atoms with van der Waals surface area (Å²) < 4.78 is 2.29. The Morgan fingerprint density at radius 1 is 0.489 bits per heavy atom. The Morgan fingerprint density at radius 2 is 1.13 bits per heavy atom. The molecule has 0 saturated heterocycles. The predicted molar refractivity (Wildman–Crippen MR) is 188 cm³/mol. The Labute approximate surface area is 260 Å². The SMILES string of the molecule is [C-]#[N+]c1ccc2c(c1)c1cc(-c3ccc(-c4cccc5ccccc45)c4ccccc34)ccc1n2-c1cccc2cccnc12. The molecule has 45 heavy (non-hydrogen) atoms. The summed E-state index contributed by atoms with van der Waals surface area (Å²) >= 11 is 0. The highest BCUT2D eigenvalue weighted by molar-refractivity contribution is 6.14. The first-order valence-electron chi connectivity index (χ1n) is 15.1. The number of aromatic nitrogens is 2. The van der Waals surface area contributed by atoms with Gasteiger partial charge in [0.15, 0.2) is 5.69 Å². The van der Waals surface area contributed by atoms with Gasteiger partial charge >= 0.3 is 0 Å². The third kappa shape index (κ3) is 3.87. The van der Waals surface area contributed by atoms with Crippen molar-refractivity contribution < 1.29 is 0 Å². The molecule has 9 aromatic rings. The van der Waals surface area contributed by atoms with Crippen molar-refractivity contribution in [1.82, 2.24) is 9.55 Å². The molecule has 2 heterocycles. The van der Waals surface area contributed by atoms with Crippen molar-refractivity contribution in [3.05, 3.63) is 163 Å². The number of hydrogen-bond acceptors (Lipinski definition) is 1. The van der Waals surface area contributed by atoms with Crippen LogP contribution in [-0.4, -0.2) is 9.55 Å². The molecule has 3 nitrogen and oxygen atoms in total. The molecule has 0 bridgehead atoms. The van der Waals surface area contributed by atoms with Gasteiger partial charge in [0.25, 0.3) is 0 Å². The summed E-state index contributed by atoms with van der Waals surface area (Å²) in [5.41, 5.74) is 9.56. The minimum Gasteiger partial charge on any atom is -0.307 e. The highest BCUT2D eigenvalue weighted by Crippen LogP contribution is 2.41. The molecule has 7 aromatic carbocycles. The average Bonchev–Trinajstić information content (AvgIpc) is 3.43. The Hall–Kier alpha value is -6.24. The number of rotatable bonds is 3. The molecule has 0 radical (unpaired) electrons. The number of fused-ring (bicyclic) bond motifs is 6. The van der Waals surface area contributed by atoms with E-state index in [1.165, 1.54) is 38.2 Å². The summed E-state index contributed by atoms with van der Waals surface area (Å²) in [6.07, 6.45) is 1.85. The summed E-state index contributed by atoms with van der Waals surface area (Å²) in [6, 6.07) is 51.5. The van der Waals surface area contributed by atoms with E-state index in [2.05, 4.69) is 137 Å². The van der Waals surface area contributed by atoms with E-state index in [-0.39, 0.29) is 0 Å². The van der Waals surface area contributed by atoms with Gasteiger partial charge in [-0.05, 0) is 85.6 Å². The van der Waals surface area contributed by atoms with Crippen LogP contribution in [0.4, 0.5) is 5.69 Å². The molecule has 0 amide bonds. The van der Waals surface area contributed by atoms with Gasteiger partial charge in [0, 0.05) is 17.0 Å². The maximum absolute atomic E-state index is 7.72. The van der Waals surface area contributed by atoms with Crippen LogP contribution in [0.3, 0.4) is 0 Å². The summed E-state index contributed by atoms with van der Waals surface area (Å²) in [5, 5.41) is 8.21. The first-order chi connectivity index (χ1) is 22.3. The van der Waals surface area contributed by atoms with Crippen LogP contribution in [0.1, 0.15) is 0 Å². The largest absolute Gasteiger partial charge is 0.307 e. The Kier molecular flexibility index (Phi) is 5.57. The van der Waals surface area contributed by atoms with Gasteiger partial charge in [0.05, 0.1) is 28.8 Å². The van der Waals surface area contributed by atoms with Crippen molar-refractivity contribution in [3.63, 3.8) is 0 Å². The summed E-state index contributed by atoms with van der Waals surface area (Å²) in [6.45, 7) is 7.72. The molecular weight excluding hydrogens is 546 g/mol. The quantitative estimate of drug-likeness (QED) is 0.193. The van der Waals surface area contributed by atoms with Crippen molar-refractivity contribution in [1.29, 1.82) is 0 Å². The lowest BCUT2D eigenvalue weighted by Crippen LogP contribution is -1.96. The maximum Gasteiger partial charge on any atom is 0.188 e. The lowest BCUT2D eigenvalue weighted by Gasteiger charge is -2.14. The third-order valence-electron chi connectivity index (χ3n) is 9.04. The van der Waals surface area contributed by atoms with Gasteiger partial charge in [-0.15, -0.1) is 0 Å². The van der Waals surface area contributed by atoms with Crippen LogP contribution in [0.25, 0.3) is 87.0 Å². The number of pyridine rings is 1. The Balaban J connectivity index is 1.30. The van der Waals surface area contributed by atoms with Gasteiger partial charge < -0.3 is 4.57 Å². The van der Waals surface area contributed by atoms with Gasteiger partial charge in [0.1, 0.15) is 0 Å². The van der Waals surface area contributed by atoms with Gasteiger partial charge in [-0.1, -0.05) is 109 Å². The molecule has 0 aliphatic heterocycles. The fraction of sp³-hybridized carbons (Fsp3) is 0. The van der Waals surface area contributed by atoms with E-state index in [1.807, 2.05) is 24.4 Å². The van der Waals surface area contributed by atoms with Crippen LogP contribution in [0.2, 0.25) is 0 Å². The number of benzene rings is 7. The molecule has 2 aromatic heterocycles. The van der Waals surface area contributed by atoms with E-state index in [0.717, 1.165) is 44.0 Å². The topological polar surface area (TPSA) is 22.2 Å². The molecule has 0 N–H and O–H groups in total. The molecular formula is C42H25N3. The number of hydrogen-bond donors (Lipinski definition) is 0. The molecule has 0 unspecified atom stereocenters. The van der Waals surface area contributed by atoms with E-state index >= 15 is 0 Å². The maximum atomic E-state index is 7.72. The van der Waals surface area contributed by atoms with E-state index in [0.29, 0.717) is 5.69 Å². The molecule has 0 aliphatic carbocycles. The van der Waals surface area contributed by atoms with E-state index in [4.69, 9.17) is 11.6 Å². The first kappa shape index (κ1) is 25.3. The molecule has 9 rings (SSSR count). The second-order valence-electron chi connectivity index (χ2n) is 11.5. The lowest BCUT2D eigenvalue weighted by atomic mass is 9.90. The van der Waals surface area contributed by atoms with Crippen LogP contribution in [0, 0.1) is 6.57 Å². The predicted octanol–water partition coefficient (Wildman–Crippen LogP) is 11.5. The second-order valence-corrected chi connectivity index (χ2v) is 11.5. The average molecular weight is 572 g/mol. The minimum atomic E-state index is 0.632. The Morgan fingerprint density at radius 3 is 2.00 bits per heavy atom. The van der Waals surface area contributed by atoms with E-state index in [1.54, 1.807) is 0 Å². The molecule has 208 valence electrons. The van der Waals surface area contributed by atoms with Crippen molar-refractivity contribution in [3.8, 4) is 27.9 Å². The molecule has 0 saturated carbocycles. The van der Waals surface area contributed by atoms with Crippen LogP contribution in [0.15, 0.2) is 152 Å². The van der Waals surface area contributed by atoms with Gasteiger partial charge in [0.2, 0.25) is 0 Å². The molecule has 0 fully saturated rings. The molecule has 0 spiro atoms. The van der Waals surface area contributed by atoms with Crippen LogP contribution in [0.5, 0.6) is 0 Å². The van der Waals surface area contributed by atoms with Gasteiger partial charge in [-0.3, -0.25) is 4.98 Å². The Bertz CT molecular complexity index is 2660. The zero-order chi connectivity index (χ0) is 29.9. The smallest absolute Gasteiger partial charge is 0.188 e. The summed E-state index contributed by atoms with van der Waals surface area (Å²) in [5.74, 6) is 0. The first-order valence-corrected chi connectivity index (χ1v) is 15.1. The number of nitrogens with zero attached hydrogens (tertiary/aromatic N) is 3. The zero-order valence-corrected chi connectivity index (χ0v) is 24.3.